The lowest BCUT2D eigenvalue weighted by atomic mass is 9.72. The average Bonchev–Trinajstić information content (AvgIpc) is 1.62. The summed E-state index contributed by atoms with van der Waals surface area (Å²) >= 11 is 0. The number of nitrogens with zero attached hydrogens (tertiary/aromatic N) is 6. The van der Waals surface area contributed by atoms with Crippen LogP contribution in [0.1, 0.15) is 265 Å². The van der Waals surface area contributed by atoms with Gasteiger partial charge in [0, 0.05) is 39.3 Å². The molecule has 0 amide bonds. The Labute approximate surface area is 832 Å². The van der Waals surface area contributed by atoms with Crippen molar-refractivity contribution in [1.82, 2.24) is 29.4 Å². The van der Waals surface area contributed by atoms with Gasteiger partial charge in [0.05, 0.1) is 33.6 Å². The summed E-state index contributed by atoms with van der Waals surface area (Å²) in [7, 11) is 0. The molecule has 12 bridgehead atoms. The molecule has 6 aliphatic heterocycles. The van der Waals surface area contributed by atoms with Crippen molar-refractivity contribution in [1.29, 1.82) is 0 Å². The minimum absolute atomic E-state index is 0.393. The third-order valence-corrected chi connectivity index (χ3v) is 38.5. The van der Waals surface area contributed by atoms with Crippen molar-refractivity contribution in [2.45, 2.75) is 265 Å². The number of benzene rings is 6. The van der Waals surface area contributed by atoms with Crippen molar-refractivity contribution >= 4 is 0 Å². The molecule has 6 N–H and O–H groups in total. The van der Waals surface area contributed by atoms with Crippen LogP contribution in [-0.4, -0.2) is 178 Å². The quantitative estimate of drug-likeness (QED) is 0.0239. The molecule has 6 aromatic rings. The van der Waals surface area contributed by atoms with Crippen molar-refractivity contribution in [3.8, 4) is 0 Å². The predicted octanol–water partition coefficient (Wildman–Crippen LogP) is 23.8. The zero-order chi connectivity index (χ0) is 94.2. The first-order valence-corrected chi connectivity index (χ1v) is 56.6. The minimum atomic E-state index is -0.664. The zero-order valence-electron chi connectivity index (χ0n) is 84.2. The van der Waals surface area contributed by atoms with Crippen molar-refractivity contribution < 1.29 is 30.6 Å². The maximum Gasteiger partial charge on any atom is 0.0942 e. The van der Waals surface area contributed by atoms with Gasteiger partial charge in [0.2, 0.25) is 0 Å². The molecule has 12 fully saturated rings. The molecule has 0 spiro atoms. The number of allylic oxidation sites excluding steroid dienone is 12. The Bertz CT molecular complexity index is 4080. The first kappa shape index (κ1) is 100.0. The molecule has 24 rings (SSSR count). The topological polar surface area (TPSA) is 141 Å². The lowest BCUT2D eigenvalue weighted by Crippen LogP contribution is -2.42. The van der Waals surface area contributed by atoms with Crippen LogP contribution in [0.2, 0.25) is 0 Å². The highest BCUT2D eigenvalue weighted by atomic mass is 16.3. The van der Waals surface area contributed by atoms with Gasteiger partial charge in [-0.05, 0) is 411 Å². The third-order valence-electron chi connectivity index (χ3n) is 38.5. The Morgan fingerprint density at radius 2 is 0.297 bits per heavy atom. The summed E-state index contributed by atoms with van der Waals surface area (Å²) < 4.78 is 0. The van der Waals surface area contributed by atoms with Crippen LogP contribution >= 0.6 is 0 Å². The second-order valence-corrected chi connectivity index (χ2v) is 47.0. The number of likely N-dealkylation sites (tertiary alicyclic amines) is 6. The second-order valence-electron chi connectivity index (χ2n) is 47.0. The summed E-state index contributed by atoms with van der Waals surface area (Å²) in [5.41, 5.74) is 2.78. The van der Waals surface area contributed by atoms with Crippen molar-refractivity contribution in [2.75, 3.05) is 118 Å². The van der Waals surface area contributed by atoms with E-state index in [2.05, 4.69) is 284 Å². The van der Waals surface area contributed by atoms with E-state index in [0.717, 1.165) is 150 Å². The van der Waals surface area contributed by atoms with Crippen LogP contribution < -0.4 is 0 Å². The third kappa shape index (κ3) is 23.8. The normalized spacial score (nSPS) is 33.0. The second kappa shape index (κ2) is 47.0. The number of rotatable bonds is 30. The first-order valence-electron chi connectivity index (χ1n) is 56.6. The molecule has 0 radical (unpaired) electrons. The molecule has 19 unspecified atom stereocenters. The zero-order valence-corrected chi connectivity index (χ0v) is 84.2. The summed E-state index contributed by atoms with van der Waals surface area (Å²) in [6, 6.07) is 62.8. The number of hydrogen-bond donors (Lipinski definition) is 6. The van der Waals surface area contributed by atoms with E-state index in [9.17, 15) is 30.6 Å². The fourth-order valence-corrected chi connectivity index (χ4v) is 30.7. The maximum absolute atomic E-state index is 11.8. The van der Waals surface area contributed by atoms with Gasteiger partial charge in [0.1, 0.15) is 0 Å². The van der Waals surface area contributed by atoms with E-state index in [1.165, 1.54) is 233 Å². The molecule has 6 saturated heterocycles. The van der Waals surface area contributed by atoms with Crippen LogP contribution in [0.3, 0.4) is 0 Å². The molecular weight excluding hydrogens is 1690 g/mol. The van der Waals surface area contributed by atoms with Crippen LogP contribution in [0.15, 0.2) is 255 Å². The van der Waals surface area contributed by atoms with Gasteiger partial charge in [-0.3, -0.25) is 0 Å². The Morgan fingerprint density at radius 3 is 0.406 bits per heavy atom. The molecule has 18 aliphatic rings. The molecule has 12 nitrogen and oxygen atoms in total. The molecule has 12 aliphatic carbocycles. The summed E-state index contributed by atoms with van der Waals surface area (Å²) in [5.74, 6) is 10.0. The fraction of sp³-hybridized carbons (Fsp3) is 0.619. The van der Waals surface area contributed by atoms with Gasteiger partial charge < -0.3 is 60.0 Å². The lowest BCUT2D eigenvalue weighted by Gasteiger charge is -2.40. The van der Waals surface area contributed by atoms with Crippen molar-refractivity contribution in [3.63, 3.8) is 0 Å². The SMILES string of the molecule is OC(CCN1CCCCC1)(c1ccccc1)C1CC2C=CC1C2.O[C@@](CCN1CCCCC1)(c1ccccc1)C1CC2C=CC1C2.O[C@@](CCN1CCCCC1)(c1ccccc1)C1CC2C=CC1C2.O[C@](CCN1CCCCC1)(c1ccccc1)C1CC2C=CC1C2.O[C@](CCN1CCCCC1)(c1ccccc1)C1CC2C=CC1C2.O[C@](CCN1CCCCC1)(c1ccccc1)C1CC2C=CC1C2. The number of piperidine rings is 6. The van der Waals surface area contributed by atoms with Gasteiger partial charge in [0.15, 0.2) is 0 Å². The Hall–Kier alpha value is -6.72. The smallest absolute Gasteiger partial charge is 0.0942 e. The number of hydrogen-bond acceptors (Lipinski definition) is 12. The van der Waals surface area contributed by atoms with Gasteiger partial charge in [-0.2, -0.15) is 0 Å². The van der Waals surface area contributed by atoms with E-state index in [1.54, 1.807) is 0 Å². The van der Waals surface area contributed by atoms with E-state index in [0.29, 0.717) is 107 Å². The van der Waals surface area contributed by atoms with Crippen LogP contribution in [0.4, 0.5) is 0 Å². The highest BCUT2D eigenvalue weighted by molar-refractivity contribution is 5.34. The van der Waals surface area contributed by atoms with Crippen LogP contribution in [0.5, 0.6) is 0 Å². The predicted molar refractivity (Wildman–Crippen MR) is 565 cm³/mol. The molecule has 24 atom stereocenters. The molecule has 6 aromatic carbocycles. The highest BCUT2D eigenvalue weighted by Crippen LogP contribution is 2.59. The number of aliphatic hydroxyl groups is 6. The van der Waals surface area contributed by atoms with Crippen LogP contribution in [0, 0.1) is 107 Å². The van der Waals surface area contributed by atoms with Crippen molar-refractivity contribution in [3.05, 3.63) is 288 Å². The molecule has 6 saturated carbocycles. The van der Waals surface area contributed by atoms with Gasteiger partial charge >= 0.3 is 0 Å². The van der Waals surface area contributed by atoms with E-state index in [1.807, 2.05) is 0 Å². The average molecular weight is 1870 g/mol. The van der Waals surface area contributed by atoms with Gasteiger partial charge in [-0.15, -0.1) is 0 Å². The van der Waals surface area contributed by atoms with E-state index in [-0.39, 0.29) is 0 Å². The molecule has 138 heavy (non-hydrogen) atoms. The Morgan fingerprint density at radius 1 is 0.167 bits per heavy atom. The van der Waals surface area contributed by atoms with Gasteiger partial charge in [0.25, 0.3) is 0 Å². The summed E-state index contributed by atoms with van der Waals surface area (Å²) in [6.07, 6.45) is 72.2. The highest BCUT2D eigenvalue weighted by Gasteiger charge is 2.55. The summed E-state index contributed by atoms with van der Waals surface area (Å²) in [5, 5.41) is 70.6. The Balaban J connectivity index is 0.000000106. The molecular formula is C126H174N6O6. The minimum Gasteiger partial charge on any atom is -0.385 e. The van der Waals surface area contributed by atoms with E-state index < -0.39 is 33.6 Å². The lowest BCUT2D eigenvalue weighted by molar-refractivity contribution is -0.0498. The fourth-order valence-electron chi connectivity index (χ4n) is 30.7. The van der Waals surface area contributed by atoms with Crippen LogP contribution in [0.25, 0.3) is 0 Å². The van der Waals surface area contributed by atoms with Gasteiger partial charge in [-0.1, -0.05) is 293 Å². The monoisotopic (exact) mass is 1870 g/mol. The van der Waals surface area contributed by atoms with Crippen molar-refractivity contribution in [2.24, 2.45) is 107 Å². The van der Waals surface area contributed by atoms with Gasteiger partial charge in [-0.25, -0.2) is 0 Å². The standard InChI is InChI=1S/6C21H29NO/c6*23-21(19-7-3-1-4-8-19,11-14-22-12-5-2-6-13-22)20-16-17-9-10-18(20)15-17/h6*1,3-4,7-10,17-18,20,23H,2,5-6,11-16H2/t5*17?,18?,20?,21-;/m11100./s1. The van der Waals surface area contributed by atoms with E-state index in [4.69, 9.17) is 0 Å². The summed E-state index contributed by atoms with van der Waals surface area (Å²) in [4.78, 5) is 15.3. The largest absolute Gasteiger partial charge is 0.385 e. The van der Waals surface area contributed by atoms with E-state index >= 15 is 0 Å². The molecule has 12 heteroatoms. The first-order chi connectivity index (χ1) is 67.5. The summed E-state index contributed by atoms with van der Waals surface area (Å²) in [6.45, 7) is 20.7. The van der Waals surface area contributed by atoms with Crippen LogP contribution in [-0.2, 0) is 33.6 Å². The molecule has 744 valence electrons. The number of fused-ring (bicyclic) bond motifs is 12. The Kier molecular flexibility index (Phi) is 34.0. The molecule has 6 heterocycles. The maximum atomic E-state index is 11.8. The molecule has 0 aromatic heterocycles.